The number of carbonyl (C=O) groups is 1. The number of aromatic nitrogens is 1. The van der Waals surface area contributed by atoms with Crippen molar-refractivity contribution in [2.45, 2.75) is 25.6 Å². The Morgan fingerprint density at radius 2 is 2.00 bits per heavy atom. The molecule has 2 aliphatic rings. The summed E-state index contributed by atoms with van der Waals surface area (Å²) in [6.07, 6.45) is 3.97. The van der Waals surface area contributed by atoms with E-state index in [9.17, 15) is 4.79 Å². The van der Waals surface area contributed by atoms with Gasteiger partial charge in [0.15, 0.2) is 0 Å². The zero-order valence-electron chi connectivity index (χ0n) is 19.8. The number of esters is 1. The second-order valence-corrected chi connectivity index (χ2v) is 8.41. The van der Waals surface area contributed by atoms with Crippen molar-refractivity contribution in [1.82, 2.24) is 9.88 Å². The average Bonchev–Trinajstić information content (AvgIpc) is 2.89. The molecule has 1 aromatic carbocycles. The maximum absolute atomic E-state index is 12.0. The molecule has 2 saturated heterocycles. The number of benzene rings is 1. The van der Waals surface area contributed by atoms with Crippen molar-refractivity contribution in [1.29, 1.82) is 0 Å². The Hall–Kier alpha value is -3.17. The monoisotopic (exact) mass is 468 g/mol. The summed E-state index contributed by atoms with van der Waals surface area (Å²) < 4.78 is 16.7. The van der Waals surface area contributed by atoms with E-state index in [1.54, 1.807) is 18.3 Å². The topological polar surface area (TPSA) is 85.7 Å². The maximum atomic E-state index is 12.0. The molecule has 9 nitrogen and oxygen atoms in total. The lowest BCUT2D eigenvalue weighted by molar-refractivity contribution is -0.162. The van der Waals surface area contributed by atoms with Gasteiger partial charge in [0, 0.05) is 38.8 Å². The number of anilines is 1. The molecule has 0 amide bonds. The first kappa shape index (κ1) is 24.0. The fraction of sp³-hybridized carbons (Fsp3) is 0.480. The normalized spacial score (nSPS) is 19.5. The Labute approximate surface area is 200 Å². The summed E-state index contributed by atoms with van der Waals surface area (Å²) in [6, 6.07) is 11.2. The minimum atomic E-state index is -0.444. The van der Waals surface area contributed by atoms with Crippen LogP contribution < -0.4 is 9.64 Å². The lowest BCUT2D eigenvalue weighted by atomic mass is 10.2. The number of ether oxygens (including phenoxy) is 3. The molecule has 0 spiro atoms. The van der Waals surface area contributed by atoms with Crippen LogP contribution in [0.3, 0.4) is 0 Å². The fourth-order valence-corrected chi connectivity index (χ4v) is 3.93. The molecule has 0 N–H and O–H groups in total. The van der Waals surface area contributed by atoms with Gasteiger partial charge in [-0.25, -0.2) is 4.79 Å². The van der Waals surface area contributed by atoms with Gasteiger partial charge in [-0.05, 0) is 44.2 Å². The Morgan fingerprint density at radius 1 is 1.18 bits per heavy atom. The molecule has 0 radical (unpaired) electrons. The van der Waals surface area contributed by atoms with Gasteiger partial charge in [-0.3, -0.25) is 4.98 Å². The van der Waals surface area contributed by atoms with Gasteiger partial charge in [0.25, 0.3) is 0 Å². The van der Waals surface area contributed by atoms with Gasteiger partial charge in [0.2, 0.25) is 6.29 Å². The summed E-state index contributed by atoms with van der Waals surface area (Å²) in [5.74, 6) is 0.318. The van der Waals surface area contributed by atoms with Gasteiger partial charge in [0.1, 0.15) is 18.1 Å². The Morgan fingerprint density at radius 3 is 2.76 bits per heavy atom. The van der Waals surface area contributed by atoms with E-state index >= 15 is 0 Å². The number of pyridine rings is 1. The van der Waals surface area contributed by atoms with Crippen LogP contribution in [-0.2, 0) is 14.3 Å². The highest BCUT2D eigenvalue weighted by molar-refractivity contribution is 6.01. The first-order valence-electron chi connectivity index (χ1n) is 11.7. The number of hydrogen-bond donors (Lipinski definition) is 0. The minimum Gasteiger partial charge on any atom is -0.485 e. The summed E-state index contributed by atoms with van der Waals surface area (Å²) in [5, 5.41) is 4.34. The van der Waals surface area contributed by atoms with E-state index < -0.39 is 12.3 Å². The van der Waals surface area contributed by atoms with Crippen molar-refractivity contribution < 1.29 is 23.8 Å². The predicted molar refractivity (Wildman–Crippen MR) is 128 cm³/mol. The third kappa shape index (κ3) is 6.24. The standard InChI is InChI=1S/C25H32N4O5/c1-28-12-14-29(15-13-28)22-7-3-4-8-23(22)33-18-21(27-34-24-9-5-6-16-32-24)20-17-19(10-11-26-20)25(30)31-2/h3-4,7-8,10-11,17,24H,5-6,9,12-16,18H2,1-2H3/b27-21+. The second-order valence-electron chi connectivity index (χ2n) is 8.41. The van der Waals surface area contributed by atoms with E-state index in [1.165, 1.54) is 7.11 Å². The number of oxime groups is 1. The number of carbonyl (C=O) groups excluding carboxylic acids is 1. The number of piperazine rings is 1. The maximum Gasteiger partial charge on any atom is 0.337 e. The molecule has 3 heterocycles. The first-order chi connectivity index (χ1) is 16.6. The molecule has 1 aromatic heterocycles. The zero-order valence-corrected chi connectivity index (χ0v) is 19.8. The summed E-state index contributed by atoms with van der Waals surface area (Å²) >= 11 is 0. The molecule has 9 heteroatoms. The molecule has 0 aliphatic carbocycles. The smallest absolute Gasteiger partial charge is 0.337 e. The Bertz CT molecular complexity index is 985. The van der Waals surface area contributed by atoms with Gasteiger partial charge in [-0.15, -0.1) is 0 Å². The Kier molecular flexibility index (Phi) is 8.32. The first-order valence-corrected chi connectivity index (χ1v) is 11.7. The van der Waals surface area contributed by atoms with Crippen LogP contribution >= 0.6 is 0 Å². The lowest BCUT2D eigenvalue weighted by Crippen LogP contribution is -2.44. The Balaban J connectivity index is 1.54. The summed E-state index contributed by atoms with van der Waals surface area (Å²) in [4.78, 5) is 26.8. The SMILES string of the molecule is COC(=O)c1ccnc(/C(COc2ccccc2N2CCN(C)CC2)=N/OC2CCCCO2)c1. The van der Waals surface area contributed by atoms with E-state index in [-0.39, 0.29) is 6.61 Å². The minimum absolute atomic E-state index is 0.120. The largest absolute Gasteiger partial charge is 0.485 e. The van der Waals surface area contributed by atoms with Crippen molar-refractivity contribution >= 4 is 17.4 Å². The summed E-state index contributed by atoms with van der Waals surface area (Å²) in [5.41, 5.74) is 2.37. The highest BCUT2D eigenvalue weighted by Crippen LogP contribution is 2.29. The van der Waals surface area contributed by atoms with Crippen molar-refractivity contribution in [3.05, 3.63) is 53.9 Å². The van der Waals surface area contributed by atoms with Crippen LogP contribution in [0.25, 0.3) is 0 Å². The fourth-order valence-electron chi connectivity index (χ4n) is 3.93. The third-order valence-electron chi connectivity index (χ3n) is 5.97. The molecule has 182 valence electrons. The molecule has 4 rings (SSSR count). The zero-order chi connectivity index (χ0) is 23.8. The van der Waals surface area contributed by atoms with Gasteiger partial charge in [-0.2, -0.15) is 0 Å². The second kappa shape index (κ2) is 11.8. The third-order valence-corrected chi connectivity index (χ3v) is 5.97. The van der Waals surface area contributed by atoms with Crippen molar-refractivity contribution in [3.8, 4) is 5.75 Å². The van der Waals surface area contributed by atoms with Crippen molar-refractivity contribution in [3.63, 3.8) is 0 Å². The van der Waals surface area contributed by atoms with Crippen molar-refractivity contribution in [2.24, 2.45) is 5.16 Å². The molecule has 34 heavy (non-hydrogen) atoms. The van der Waals surface area contributed by atoms with Crippen LogP contribution in [0.1, 0.15) is 35.3 Å². The molecule has 2 fully saturated rings. The van der Waals surface area contributed by atoms with Crippen LogP contribution in [0.4, 0.5) is 5.69 Å². The predicted octanol–water partition coefficient (Wildman–Crippen LogP) is 2.95. The lowest BCUT2D eigenvalue weighted by Gasteiger charge is -2.34. The van der Waals surface area contributed by atoms with Crippen LogP contribution in [0.15, 0.2) is 47.8 Å². The van der Waals surface area contributed by atoms with E-state index in [0.717, 1.165) is 56.9 Å². The highest BCUT2D eigenvalue weighted by Gasteiger charge is 2.20. The molecule has 2 aromatic rings. The van der Waals surface area contributed by atoms with Crippen LogP contribution in [0, 0.1) is 0 Å². The van der Waals surface area contributed by atoms with Gasteiger partial charge >= 0.3 is 5.97 Å². The van der Waals surface area contributed by atoms with Crippen molar-refractivity contribution in [2.75, 3.05) is 58.5 Å². The molecule has 1 unspecified atom stereocenters. The number of hydrogen-bond acceptors (Lipinski definition) is 9. The number of likely N-dealkylation sites (N-methyl/N-ethyl adjacent to an activating group) is 1. The molecule has 2 aliphatic heterocycles. The van der Waals surface area contributed by atoms with E-state index in [2.05, 4.69) is 33.1 Å². The average molecular weight is 469 g/mol. The van der Waals surface area contributed by atoms with Crippen LogP contribution in [0.5, 0.6) is 5.75 Å². The van der Waals surface area contributed by atoms with Crippen LogP contribution in [0.2, 0.25) is 0 Å². The number of methoxy groups -OCH3 is 1. The van der Waals surface area contributed by atoms with Gasteiger partial charge < -0.3 is 28.8 Å². The molecule has 0 saturated carbocycles. The summed E-state index contributed by atoms with van der Waals surface area (Å²) in [7, 11) is 3.48. The van der Waals surface area contributed by atoms with E-state index in [1.807, 2.05) is 18.2 Å². The quantitative estimate of drug-likeness (QED) is 0.332. The molecular weight excluding hydrogens is 436 g/mol. The van der Waals surface area contributed by atoms with Gasteiger partial charge in [-0.1, -0.05) is 17.3 Å². The van der Waals surface area contributed by atoms with Crippen LogP contribution in [-0.4, -0.2) is 81.4 Å². The molecular formula is C25H32N4O5. The highest BCUT2D eigenvalue weighted by atomic mass is 16.8. The van der Waals surface area contributed by atoms with E-state index in [0.29, 0.717) is 23.6 Å². The molecule has 0 bridgehead atoms. The summed E-state index contributed by atoms with van der Waals surface area (Å²) in [6.45, 7) is 4.64. The van der Waals surface area contributed by atoms with Gasteiger partial charge in [0.05, 0.1) is 30.7 Å². The number of nitrogens with zero attached hydrogens (tertiary/aromatic N) is 4. The van der Waals surface area contributed by atoms with E-state index in [4.69, 9.17) is 19.0 Å². The molecule has 1 atom stereocenters. The number of para-hydroxylation sites is 2. The number of rotatable bonds is 8.